The van der Waals surface area contributed by atoms with Crippen molar-refractivity contribution in [1.82, 2.24) is 19.9 Å². The monoisotopic (exact) mass is 490 g/mol. The highest BCUT2D eigenvalue weighted by molar-refractivity contribution is 6.36. The van der Waals surface area contributed by atoms with Crippen LogP contribution in [0.2, 0.25) is 10.0 Å². The van der Waals surface area contributed by atoms with Crippen LogP contribution in [0.5, 0.6) is 0 Å². The Morgan fingerprint density at radius 2 is 1.59 bits per heavy atom. The van der Waals surface area contributed by atoms with Gasteiger partial charge in [0.05, 0.1) is 22.0 Å². The normalized spacial score (nSPS) is 27.4. The molecule has 172 valence electrons. The van der Waals surface area contributed by atoms with E-state index in [0.717, 1.165) is 34.7 Å². The van der Waals surface area contributed by atoms with Gasteiger partial charge < -0.3 is 4.52 Å². The first-order valence-electron chi connectivity index (χ1n) is 12.0. The number of hydrogen-bond acceptors (Lipinski definition) is 4. The zero-order valence-corrected chi connectivity index (χ0v) is 20.1. The molecule has 0 atom stereocenters. The van der Waals surface area contributed by atoms with Crippen molar-refractivity contribution in [2.75, 3.05) is 0 Å². The molecule has 8 rings (SSSR count). The van der Waals surface area contributed by atoms with Crippen LogP contribution in [0.4, 0.5) is 0 Å². The zero-order valence-electron chi connectivity index (χ0n) is 18.6. The van der Waals surface area contributed by atoms with Gasteiger partial charge in [-0.05, 0) is 86.6 Å². The summed E-state index contributed by atoms with van der Waals surface area (Å²) in [5.74, 6) is 3.39. The highest BCUT2D eigenvalue weighted by atomic mass is 35.5. The molecule has 4 aromatic rings. The van der Waals surface area contributed by atoms with E-state index in [4.69, 9.17) is 37.8 Å². The third-order valence-corrected chi connectivity index (χ3v) is 8.65. The summed E-state index contributed by atoms with van der Waals surface area (Å²) in [5.41, 5.74) is 3.88. The minimum absolute atomic E-state index is 0.0939. The number of hydrogen-bond donors (Lipinski definition) is 0. The summed E-state index contributed by atoms with van der Waals surface area (Å²) in [6.45, 7) is 0. The van der Waals surface area contributed by atoms with E-state index < -0.39 is 0 Å². The van der Waals surface area contributed by atoms with Gasteiger partial charge in [0.2, 0.25) is 5.82 Å². The fraction of sp³-hybridized carbons (Fsp3) is 0.370. The number of nitrogens with zero attached hydrogens (tertiary/aromatic N) is 4. The van der Waals surface area contributed by atoms with Crippen LogP contribution in [0.1, 0.15) is 44.2 Å². The molecule has 5 nitrogen and oxygen atoms in total. The molecular weight excluding hydrogens is 467 g/mol. The Bertz CT molecular complexity index is 1340. The number of para-hydroxylation sites is 1. The fourth-order valence-corrected chi connectivity index (χ4v) is 7.64. The number of rotatable bonds is 4. The standard InChI is InChI=1S/C27H24Cl2N4O/c28-19-6-7-21(23(29)11-19)25-30-26(34-32-25)22-15-33(20-4-2-1-3-5-20)31-24(22)27-12-16-8-17(13-27)10-18(9-16)14-27/h1-7,11,15-18H,8-10,12-14H2. The second kappa shape index (κ2) is 7.69. The van der Waals surface area contributed by atoms with Crippen LogP contribution in [0, 0.1) is 17.8 Å². The molecule has 0 N–H and O–H groups in total. The van der Waals surface area contributed by atoms with Gasteiger partial charge in [-0.1, -0.05) is 46.6 Å². The SMILES string of the molecule is Clc1ccc(-c2noc(-c3cn(-c4ccccc4)nc3C34CC5CC(CC(C5)C3)C4)n2)c(Cl)c1. The fourth-order valence-electron chi connectivity index (χ4n) is 7.15. The van der Waals surface area contributed by atoms with Crippen molar-refractivity contribution < 1.29 is 4.52 Å². The molecule has 0 amide bonds. The van der Waals surface area contributed by atoms with Gasteiger partial charge >= 0.3 is 0 Å². The first-order chi connectivity index (χ1) is 16.6. The second-order valence-electron chi connectivity index (χ2n) is 10.4. The van der Waals surface area contributed by atoms with Crippen LogP contribution in [0.25, 0.3) is 28.5 Å². The van der Waals surface area contributed by atoms with E-state index in [-0.39, 0.29) is 5.41 Å². The van der Waals surface area contributed by atoms with Crippen molar-refractivity contribution in [1.29, 1.82) is 0 Å². The van der Waals surface area contributed by atoms with Crippen molar-refractivity contribution in [3.63, 3.8) is 0 Å². The molecule has 4 fully saturated rings. The van der Waals surface area contributed by atoms with Crippen molar-refractivity contribution in [2.45, 2.75) is 43.9 Å². The highest BCUT2D eigenvalue weighted by Crippen LogP contribution is 2.61. The van der Waals surface area contributed by atoms with Gasteiger partial charge in [-0.15, -0.1) is 0 Å². The van der Waals surface area contributed by atoms with Crippen LogP contribution >= 0.6 is 23.2 Å². The first kappa shape index (κ1) is 20.7. The summed E-state index contributed by atoms with van der Waals surface area (Å²) < 4.78 is 7.81. The van der Waals surface area contributed by atoms with Crippen LogP contribution < -0.4 is 0 Å². The minimum atomic E-state index is 0.0939. The van der Waals surface area contributed by atoms with Crippen LogP contribution in [-0.4, -0.2) is 19.9 Å². The molecule has 0 aliphatic heterocycles. The molecule has 4 aliphatic carbocycles. The topological polar surface area (TPSA) is 56.7 Å². The first-order valence-corrected chi connectivity index (χ1v) is 12.8. The summed E-state index contributed by atoms with van der Waals surface area (Å²) in [5, 5.41) is 10.6. The molecule has 4 aliphatic rings. The molecule has 0 unspecified atom stereocenters. The summed E-state index contributed by atoms with van der Waals surface area (Å²) in [7, 11) is 0. The van der Waals surface area contributed by atoms with Crippen molar-refractivity contribution >= 4 is 23.2 Å². The van der Waals surface area contributed by atoms with Gasteiger partial charge in [0.1, 0.15) is 0 Å². The van der Waals surface area contributed by atoms with Crippen LogP contribution in [0.15, 0.2) is 59.3 Å². The van der Waals surface area contributed by atoms with Crippen molar-refractivity contribution in [3.8, 4) is 28.5 Å². The summed E-state index contributed by atoms with van der Waals surface area (Å²) in [6.07, 6.45) is 9.84. The van der Waals surface area contributed by atoms with E-state index in [9.17, 15) is 0 Å². The second-order valence-corrected chi connectivity index (χ2v) is 11.3. The maximum atomic E-state index is 6.42. The molecule has 34 heavy (non-hydrogen) atoms. The predicted octanol–water partition coefficient (Wildman–Crippen LogP) is 7.36. The van der Waals surface area contributed by atoms with E-state index in [2.05, 4.69) is 23.5 Å². The Morgan fingerprint density at radius 3 is 2.26 bits per heavy atom. The van der Waals surface area contributed by atoms with Gasteiger partial charge in [-0.3, -0.25) is 0 Å². The Kier molecular flexibility index (Phi) is 4.69. The predicted molar refractivity (Wildman–Crippen MR) is 132 cm³/mol. The third kappa shape index (κ3) is 3.32. The molecule has 4 bridgehead atoms. The van der Waals surface area contributed by atoms with Gasteiger partial charge in [-0.25, -0.2) is 4.68 Å². The van der Waals surface area contributed by atoms with E-state index in [1.807, 2.05) is 28.9 Å². The van der Waals surface area contributed by atoms with Gasteiger partial charge in [0.15, 0.2) is 0 Å². The van der Waals surface area contributed by atoms with E-state index in [0.29, 0.717) is 27.3 Å². The summed E-state index contributed by atoms with van der Waals surface area (Å²) >= 11 is 12.5. The lowest BCUT2D eigenvalue weighted by atomic mass is 9.48. The molecule has 4 saturated carbocycles. The molecule has 2 aromatic heterocycles. The Labute approximate surface area is 208 Å². The smallest absolute Gasteiger partial charge is 0.261 e. The lowest BCUT2D eigenvalue weighted by Gasteiger charge is -2.56. The molecule has 2 aromatic carbocycles. The largest absolute Gasteiger partial charge is 0.333 e. The van der Waals surface area contributed by atoms with E-state index in [1.165, 1.54) is 38.5 Å². The van der Waals surface area contributed by atoms with Gasteiger partial charge in [-0.2, -0.15) is 10.1 Å². The van der Waals surface area contributed by atoms with Gasteiger partial charge in [0.25, 0.3) is 5.89 Å². The lowest BCUT2D eigenvalue weighted by molar-refractivity contribution is -0.00715. The minimum Gasteiger partial charge on any atom is -0.333 e. The Balaban J connectivity index is 1.36. The van der Waals surface area contributed by atoms with Crippen LogP contribution in [-0.2, 0) is 5.41 Å². The number of aromatic nitrogens is 4. The quantitative estimate of drug-likeness (QED) is 0.299. The van der Waals surface area contributed by atoms with Crippen molar-refractivity contribution in [2.24, 2.45) is 17.8 Å². The average molecular weight is 491 g/mol. The third-order valence-electron chi connectivity index (χ3n) is 8.10. The maximum absolute atomic E-state index is 6.42. The van der Waals surface area contributed by atoms with Gasteiger partial charge in [0, 0.05) is 22.2 Å². The molecule has 2 heterocycles. The van der Waals surface area contributed by atoms with E-state index in [1.54, 1.807) is 12.1 Å². The van der Waals surface area contributed by atoms with Crippen LogP contribution in [0.3, 0.4) is 0 Å². The highest BCUT2D eigenvalue weighted by Gasteiger charge is 2.53. The lowest BCUT2D eigenvalue weighted by Crippen LogP contribution is -2.49. The van der Waals surface area contributed by atoms with E-state index >= 15 is 0 Å². The zero-order chi connectivity index (χ0) is 22.9. The Hall–Kier alpha value is -2.63. The molecule has 7 heteroatoms. The number of benzene rings is 2. The molecule has 0 spiro atoms. The maximum Gasteiger partial charge on any atom is 0.261 e. The summed E-state index contributed by atoms with van der Waals surface area (Å²) in [4.78, 5) is 4.78. The average Bonchev–Trinajstić information content (AvgIpc) is 3.47. The summed E-state index contributed by atoms with van der Waals surface area (Å²) in [6, 6.07) is 15.6. The molecule has 0 saturated heterocycles. The van der Waals surface area contributed by atoms with Crippen molar-refractivity contribution in [3.05, 3.63) is 70.5 Å². The Morgan fingerprint density at radius 1 is 0.882 bits per heavy atom. The molecule has 0 radical (unpaired) electrons. The number of halogens is 2. The molecular formula is C27H24Cl2N4O.